The van der Waals surface area contributed by atoms with Gasteiger partial charge in [-0.05, 0) is 6.26 Å². The van der Waals surface area contributed by atoms with Gasteiger partial charge < -0.3 is 15.3 Å². The van der Waals surface area contributed by atoms with Crippen LogP contribution in [0.5, 0.6) is 0 Å². The molecule has 2 rings (SSSR count). The summed E-state index contributed by atoms with van der Waals surface area (Å²) in [5, 5.41) is 15.5. The molecule has 0 atom stereocenters. The quantitative estimate of drug-likeness (QED) is 0.132. The summed E-state index contributed by atoms with van der Waals surface area (Å²) >= 11 is 3.42. The van der Waals surface area contributed by atoms with Gasteiger partial charge in [-0.1, -0.05) is 0 Å². The van der Waals surface area contributed by atoms with Crippen LogP contribution in [0.4, 0.5) is 0 Å². The van der Waals surface area contributed by atoms with E-state index in [9.17, 15) is 0 Å². The summed E-state index contributed by atoms with van der Waals surface area (Å²) in [6.07, 6.45) is 9.86. The Morgan fingerprint density at radius 3 is 3.08 bits per heavy atom. The van der Waals surface area contributed by atoms with Crippen LogP contribution in [0.3, 0.4) is 0 Å². The summed E-state index contributed by atoms with van der Waals surface area (Å²) in [6.45, 7) is 1.31. The van der Waals surface area contributed by atoms with E-state index >= 15 is 0 Å². The Hall–Kier alpha value is -2.12. The topological polar surface area (TPSA) is 118 Å². The Balaban J connectivity index is 1.67. The van der Waals surface area contributed by atoms with E-state index in [0.29, 0.717) is 19.0 Å². The minimum atomic E-state index is 0.504. The predicted octanol–water partition coefficient (Wildman–Crippen LogP) is 1.35. The third-order valence-electron chi connectivity index (χ3n) is 3.04. The maximum atomic E-state index is 8.79. The van der Waals surface area contributed by atoms with Crippen LogP contribution in [0, 0.1) is 11.5 Å². The molecule has 0 spiro atoms. The van der Waals surface area contributed by atoms with Crippen molar-refractivity contribution in [3.63, 3.8) is 0 Å². The Kier molecular flexibility index (Phi) is 8.06. The first-order valence-electron chi connectivity index (χ1n) is 7.38. The molecular formula is C14H20N8S2. The van der Waals surface area contributed by atoms with Crippen molar-refractivity contribution >= 4 is 29.5 Å². The van der Waals surface area contributed by atoms with Crippen LogP contribution in [-0.4, -0.2) is 51.0 Å². The van der Waals surface area contributed by atoms with Crippen LogP contribution in [0.15, 0.2) is 28.9 Å². The van der Waals surface area contributed by atoms with E-state index in [4.69, 9.17) is 5.26 Å². The molecule has 2 aromatic heterocycles. The molecule has 0 aliphatic carbocycles. The predicted molar refractivity (Wildman–Crippen MR) is 97.9 cm³/mol. The largest absolute Gasteiger partial charge is 0.355 e. The molecule has 0 saturated heterocycles. The molecule has 0 radical (unpaired) electrons. The molecule has 2 aromatic rings. The normalized spacial score (nSPS) is 11.2. The highest BCUT2D eigenvalue weighted by atomic mass is 32.2. The Morgan fingerprint density at radius 2 is 2.33 bits per heavy atom. The maximum Gasteiger partial charge on any atom is 0.204 e. The molecule has 0 aliphatic heterocycles. The lowest BCUT2D eigenvalue weighted by atomic mass is 10.3. The number of hydrogen-bond acceptors (Lipinski definition) is 6. The van der Waals surface area contributed by atoms with E-state index in [2.05, 4.69) is 35.6 Å². The molecule has 0 unspecified atom stereocenters. The van der Waals surface area contributed by atoms with Gasteiger partial charge in [0.2, 0.25) is 5.96 Å². The molecule has 4 N–H and O–H groups in total. The number of aromatic amines is 2. The van der Waals surface area contributed by atoms with Gasteiger partial charge in [-0.3, -0.25) is 10.3 Å². The Morgan fingerprint density at radius 1 is 1.42 bits per heavy atom. The number of rotatable bonds is 9. The fraction of sp³-hybridized carbons (Fsp3) is 0.429. The lowest BCUT2D eigenvalue weighted by Crippen LogP contribution is -2.36. The van der Waals surface area contributed by atoms with Gasteiger partial charge in [-0.25, -0.2) is 9.97 Å². The second-order valence-corrected chi connectivity index (χ2v) is 6.56. The number of H-pyrrole nitrogens is 2. The van der Waals surface area contributed by atoms with Gasteiger partial charge in [0.25, 0.3) is 0 Å². The van der Waals surface area contributed by atoms with Crippen molar-refractivity contribution in [2.24, 2.45) is 4.99 Å². The van der Waals surface area contributed by atoms with E-state index in [1.807, 2.05) is 12.4 Å². The summed E-state index contributed by atoms with van der Waals surface area (Å²) < 4.78 is 0. The molecular weight excluding hydrogens is 344 g/mol. The number of aliphatic imine (C=N–C) groups is 1. The number of imidazole rings is 2. The average molecular weight is 365 g/mol. The molecule has 0 saturated carbocycles. The minimum Gasteiger partial charge on any atom is -0.355 e. The first-order valence-corrected chi connectivity index (χ1v) is 9.76. The molecule has 0 fully saturated rings. The van der Waals surface area contributed by atoms with Gasteiger partial charge in [0.15, 0.2) is 6.19 Å². The van der Waals surface area contributed by atoms with Gasteiger partial charge in [0.05, 0.1) is 24.9 Å². The van der Waals surface area contributed by atoms with E-state index in [1.54, 1.807) is 42.4 Å². The number of hydrogen-bond donors (Lipinski definition) is 4. The highest BCUT2D eigenvalue weighted by Crippen LogP contribution is 2.20. The minimum absolute atomic E-state index is 0.504. The van der Waals surface area contributed by atoms with Crippen LogP contribution in [-0.2, 0) is 12.2 Å². The SMILES string of the molecule is CSc1nc[nH]c1CSCCN=C(NC#N)NCCc1cnc[nH]1. The molecule has 10 heteroatoms. The molecule has 128 valence electrons. The van der Waals surface area contributed by atoms with Crippen molar-refractivity contribution in [1.82, 2.24) is 30.6 Å². The van der Waals surface area contributed by atoms with Crippen LogP contribution in [0.1, 0.15) is 11.4 Å². The summed E-state index contributed by atoms with van der Waals surface area (Å²) in [6, 6.07) is 0. The lowest BCUT2D eigenvalue weighted by molar-refractivity contribution is 0.823. The highest BCUT2D eigenvalue weighted by Gasteiger charge is 2.04. The number of nitrogens with one attached hydrogen (secondary N) is 4. The highest BCUT2D eigenvalue weighted by molar-refractivity contribution is 7.99. The zero-order chi connectivity index (χ0) is 17.0. The van der Waals surface area contributed by atoms with Crippen molar-refractivity contribution in [2.45, 2.75) is 17.2 Å². The number of guanidine groups is 1. The maximum absolute atomic E-state index is 8.79. The molecule has 0 bridgehead atoms. The monoisotopic (exact) mass is 364 g/mol. The molecule has 8 nitrogen and oxygen atoms in total. The first kappa shape index (κ1) is 18.2. The van der Waals surface area contributed by atoms with Crippen molar-refractivity contribution in [3.05, 3.63) is 30.2 Å². The zero-order valence-corrected chi connectivity index (χ0v) is 15.0. The molecule has 0 aliphatic rings. The van der Waals surface area contributed by atoms with Gasteiger partial charge in [-0.2, -0.15) is 17.0 Å². The molecule has 0 aromatic carbocycles. The number of nitrogens with zero attached hydrogens (tertiary/aromatic N) is 4. The zero-order valence-electron chi connectivity index (χ0n) is 13.4. The van der Waals surface area contributed by atoms with E-state index in [0.717, 1.165) is 34.3 Å². The van der Waals surface area contributed by atoms with Crippen molar-refractivity contribution < 1.29 is 0 Å². The summed E-state index contributed by atoms with van der Waals surface area (Å²) in [7, 11) is 0. The summed E-state index contributed by atoms with van der Waals surface area (Å²) in [5.74, 6) is 2.25. The third kappa shape index (κ3) is 6.17. The molecule has 2 heterocycles. The summed E-state index contributed by atoms with van der Waals surface area (Å²) in [5.41, 5.74) is 2.18. The third-order valence-corrected chi connectivity index (χ3v) is 4.74. The average Bonchev–Trinajstić information content (AvgIpc) is 3.25. The number of aromatic nitrogens is 4. The fourth-order valence-corrected chi connectivity index (χ4v) is 3.33. The number of nitriles is 1. The van der Waals surface area contributed by atoms with Gasteiger partial charge in [-0.15, -0.1) is 11.8 Å². The number of thioether (sulfide) groups is 2. The smallest absolute Gasteiger partial charge is 0.204 e. The van der Waals surface area contributed by atoms with Crippen molar-refractivity contribution in [2.75, 3.05) is 25.1 Å². The standard InChI is InChI=1S/C14H20N8S2/c1-23-13-12(21-10-22-13)7-24-5-4-18-14(19-8-15)17-3-2-11-6-16-9-20-11/h6,9-10H,2-5,7H2,1H3,(H,16,20)(H,21,22)(H2,17,18,19). The van der Waals surface area contributed by atoms with Gasteiger partial charge in [0.1, 0.15) is 5.03 Å². The lowest BCUT2D eigenvalue weighted by Gasteiger charge is -2.07. The Bertz CT molecular complexity index is 659. The van der Waals surface area contributed by atoms with Crippen molar-refractivity contribution in [1.29, 1.82) is 5.26 Å². The van der Waals surface area contributed by atoms with Crippen LogP contribution in [0.25, 0.3) is 0 Å². The fourth-order valence-electron chi connectivity index (χ4n) is 1.91. The second-order valence-electron chi connectivity index (χ2n) is 4.66. The van der Waals surface area contributed by atoms with Crippen molar-refractivity contribution in [3.8, 4) is 6.19 Å². The van der Waals surface area contributed by atoms with Gasteiger partial charge >= 0.3 is 0 Å². The van der Waals surface area contributed by atoms with Crippen LogP contribution < -0.4 is 10.6 Å². The molecule has 0 amide bonds. The second kappa shape index (κ2) is 10.6. The van der Waals surface area contributed by atoms with E-state index < -0.39 is 0 Å². The first-order chi connectivity index (χ1) is 11.8. The van der Waals surface area contributed by atoms with Crippen LogP contribution >= 0.6 is 23.5 Å². The van der Waals surface area contributed by atoms with Gasteiger partial charge in [0, 0.05) is 36.4 Å². The summed E-state index contributed by atoms with van der Waals surface area (Å²) in [4.78, 5) is 18.8. The van der Waals surface area contributed by atoms with E-state index in [1.165, 1.54) is 0 Å². The Labute approximate surface area is 149 Å². The van der Waals surface area contributed by atoms with Crippen LogP contribution in [0.2, 0.25) is 0 Å². The molecule has 24 heavy (non-hydrogen) atoms. The van der Waals surface area contributed by atoms with E-state index in [-0.39, 0.29) is 0 Å².